The van der Waals surface area contributed by atoms with Crippen molar-refractivity contribution in [1.29, 1.82) is 0 Å². The van der Waals surface area contributed by atoms with Crippen molar-refractivity contribution in [2.24, 2.45) is 0 Å². The lowest BCUT2D eigenvalue weighted by Gasteiger charge is -2.19. The second-order valence-electron chi connectivity index (χ2n) is 5.31. The molecular weight excluding hydrogens is 319 g/mol. The van der Waals surface area contributed by atoms with Gasteiger partial charge in [0, 0.05) is 0 Å². The molecule has 1 aliphatic rings. The fourth-order valence-corrected chi connectivity index (χ4v) is 3.19. The predicted octanol–water partition coefficient (Wildman–Crippen LogP) is 4.55. The van der Waals surface area contributed by atoms with Gasteiger partial charge in [-0.25, -0.2) is 4.39 Å². The van der Waals surface area contributed by atoms with Crippen LogP contribution in [0.15, 0.2) is 40.9 Å². The number of rotatable bonds is 2. The molecule has 0 radical (unpaired) electrons. The van der Waals surface area contributed by atoms with Crippen LogP contribution in [0.3, 0.4) is 0 Å². The Labute approximate surface area is 126 Å². The zero-order chi connectivity index (χ0) is 14.1. The molecule has 0 heterocycles. The highest BCUT2D eigenvalue weighted by Crippen LogP contribution is 2.29. The van der Waals surface area contributed by atoms with Crippen molar-refractivity contribution in [3.8, 4) is 0 Å². The molecule has 104 valence electrons. The summed E-state index contributed by atoms with van der Waals surface area (Å²) in [7, 11) is 0. The second-order valence-corrected chi connectivity index (χ2v) is 6.17. The van der Waals surface area contributed by atoms with Gasteiger partial charge in [-0.15, -0.1) is 0 Å². The van der Waals surface area contributed by atoms with E-state index in [4.69, 9.17) is 0 Å². The standard InChI is InChI=1S/C17H16BrFO/c18-15-10-14(7-8-16(15)19)17(20)13-6-5-11-3-1-2-4-12(11)9-13/h5-10,17,20H,1-4H2. The second kappa shape index (κ2) is 5.66. The van der Waals surface area contributed by atoms with Crippen LogP contribution in [-0.4, -0.2) is 5.11 Å². The number of aryl methyl sites for hydroxylation is 2. The molecule has 0 fully saturated rings. The summed E-state index contributed by atoms with van der Waals surface area (Å²) < 4.78 is 13.6. The third kappa shape index (κ3) is 2.65. The minimum atomic E-state index is -0.709. The van der Waals surface area contributed by atoms with E-state index in [0.29, 0.717) is 10.0 Å². The zero-order valence-electron chi connectivity index (χ0n) is 11.1. The minimum absolute atomic E-state index is 0.314. The van der Waals surface area contributed by atoms with Crippen LogP contribution < -0.4 is 0 Å². The van der Waals surface area contributed by atoms with Gasteiger partial charge >= 0.3 is 0 Å². The van der Waals surface area contributed by atoms with Crippen LogP contribution >= 0.6 is 15.9 Å². The Bertz CT molecular complexity index is 639. The maximum absolute atomic E-state index is 13.3. The SMILES string of the molecule is OC(c1ccc(F)c(Br)c1)c1ccc2c(c1)CCCC2. The summed E-state index contributed by atoms with van der Waals surface area (Å²) in [5, 5.41) is 10.5. The van der Waals surface area contributed by atoms with E-state index in [1.807, 2.05) is 6.07 Å². The van der Waals surface area contributed by atoms with Crippen molar-refractivity contribution < 1.29 is 9.50 Å². The number of fused-ring (bicyclic) bond motifs is 1. The van der Waals surface area contributed by atoms with Crippen LogP contribution in [0.5, 0.6) is 0 Å². The predicted molar refractivity (Wildman–Crippen MR) is 81.2 cm³/mol. The molecule has 0 amide bonds. The Morgan fingerprint density at radius 1 is 0.950 bits per heavy atom. The first kappa shape index (κ1) is 13.8. The van der Waals surface area contributed by atoms with Crippen LogP contribution in [-0.2, 0) is 12.8 Å². The summed E-state index contributed by atoms with van der Waals surface area (Å²) in [5.74, 6) is -0.314. The van der Waals surface area contributed by atoms with Crippen LogP contribution in [0.4, 0.5) is 4.39 Å². The maximum Gasteiger partial charge on any atom is 0.137 e. The molecule has 1 atom stereocenters. The first-order valence-corrected chi connectivity index (χ1v) is 7.69. The molecule has 0 saturated heterocycles. The van der Waals surface area contributed by atoms with E-state index < -0.39 is 6.10 Å². The molecule has 0 aromatic heterocycles. The molecule has 3 rings (SSSR count). The van der Waals surface area contributed by atoms with Crippen molar-refractivity contribution in [2.75, 3.05) is 0 Å². The van der Waals surface area contributed by atoms with Gasteiger partial charge in [-0.3, -0.25) is 0 Å². The number of hydrogen-bond acceptors (Lipinski definition) is 1. The van der Waals surface area contributed by atoms with Crippen LogP contribution in [0.1, 0.15) is 41.2 Å². The smallest absolute Gasteiger partial charge is 0.137 e. The lowest BCUT2D eigenvalue weighted by atomic mass is 9.88. The number of benzene rings is 2. The Morgan fingerprint density at radius 2 is 1.60 bits per heavy atom. The molecule has 0 bridgehead atoms. The number of aliphatic hydroxyl groups is 1. The lowest BCUT2D eigenvalue weighted by Crippen LogP contribution is -2.06. The minimum Gasteiger partial charge on any atom is -0.384 e. The van der Waals surface area contributed by atoms with E-state index in [2.05, 4.69) is 28.1 Å². The monoisotopic (exact) mass is 334 g/mol. The number of aliphatic hydroxyl groups excluding tert-OH is 1. The average molecular weight is 335 g/mol. The van der Waals surface area contributed by atoms with Crippen LogP contribution in [0, 0.1) is 5.82 Å². The van der Waals surface area contributed by atoms with Crippen LogP contribution in [0.25, 0.3) is 0 Å². The molecule has 3 heteroatoms. The third-order valence-corrected chi connectivity index (χ3v) is 4.56. The zero-order valence-corrected chi connectivity index (χ0v) is 12.7. The van der Waals surface area contributed by atoms with Gasteiger partial charge in [-0.1, -0.05) is 24.3 Å². The van der Waals surface area contributed by atoms with E-state index in [1.165, 1.54) is 30.0 Å². The van der Waals surface area contributed by atoms with Gasteiger partial charge in [0.25, 0.3) is 0 Å². The van der Waals surface area contributed by atoms with E-state index in [1.54, 1.807) is 12.1 Å². The Morgan fingerprint density at radius 3 is 2.35 bits per heavy atom. The summed E-state index contributed by atoms with van der Waals surface area (Å²) in [4.78, 5) is 0. The summed E-state index contributed by atoms with van der Waals surface area (Å²) >= 11 is 3.16. The van der Waals surface area contributed by atoms with E-state index in [0.717, 1.165) is 18.4 Å². The molecule has 20 heavy (non-hydrogen) atoms. The summed E-state index contributed by atoms with van der Waals surface area (Å²) in [5.41, 5.74) is 4.32. The number of halogens is 2. The third-order valence-electron chi connectivity index (χ3n) is 3.95. The fourth-order valence-electron chi connectivity index (χ4n) is 2.80. The first-order valence-electron chi connectivity index (χ1n) is 6.90. The maximum atomic E-state index is 13.3. The van der Waals surface area contributed by atoms with Crippen LogP contribution in [0.2, 0.25) is 0 Å². The molecule has 1 N–H and O–H groups in total. The molecule has 0 spiro atoms. The van der Waals surface area contributed by atoms with Crippen molar-refractivity contribution in [1.82, 2.24) is 0 Å². The molecule has 1 nitrogen and oxygen atoms in total. The summed E-state index contributed by atoms with van der Waals surface area (Å²) in [6.45, 7) is 0. The van der Waals surface area contributed by atoms with Crippen molar-refractivity contribution in [2.45, 2.75) is 31.8 Å². The highest BCUT2D eigenvalue weighted by atomic mass is 79.9. The summed E-state index contributed by atoms with van der Waals surface area (Å²) in [6, 6.07) is 10.8. The van der Waals surface area contributed by atoms with Gasteiger partial charge in [0.05, 0.1) is 4.47 Å². The van der Waals surface area contributed by atoms with E-state index in [9.17, 15) is 9.50 Å². The topological polar surface area (TPSA) is 20.2 Å². The Balaban J connectivity index is 1.93. The normalized spacial score (nSPS) is 15.8. The van der Waals surface area contributed by atoms with Crippen molar-refractivity contribution >= 4 is 15.9 Å². The van der Waals surface area contributed by atoms with E-state index >= 15 is 0 Å². The summed E-state index contributed by atoms with van der Waals surface area (Å²) in [6.07, 6.45) is 3.98. The highest BCUT2D eigenvalue weighted by Gasteiger charge is 2.15. The Kier molecular flexibility index (Phi) is 3.90. The quantitative estimate of drug-likeness (QED) is 0.854. The average Bonchev–Trinajstić information content (AvgIpc) is 2.49. The van der Waals surface area contributed by atoms with Gasteiger partial charge in [0.2, 0.25) is 0 Å². The van der Waals surface area contributed by atoms with Gasteiger partial charge in [-0.05, 0) is 76.0 Å². The molecule has 2 aromatic rings. The van der Waals surface area contributed by atoms with Gasteiger partial charge in [0.1, 0.15) is 11.9 Å². The van der Waals surface area contributed by atoms with Crippen molar-refractivity contribution in [3.63, 3.8) is 0 Å². The molecule has 2 aromatic carbocycles. The lowest BCUT2D eigenvalue weighted by molar-refractivity contribution is 0.220. The molecule has 1 unspecified atom stereocenters. The van der Waals surface area contributed by atoms with Gasteiger partial charge in [-0.2, -0.15) is 0 Å². The Hall–Kier alpha value is -1.19. The largest absolute Gasteiger partial charge is 0.384 e. The van der Waals surface area contributed by atoms with Crippen molar-refractivity contribution in [3.05, 3.63) is 68.9 Å². The number of hydrogen-bond donors (Lipinski definition) is 1. The van der Waals surface area contributed by atoms with Gasteiger partial charge < -0.3 is 5.11 Å². The van der Waals surface area contributed by atoms with E-state index in [-0.39, 0.29) is 5.82 Å². The molecule has 0 aliphatic heterocycles. The molecular formula is C17H16BrFO. The van der Waals surface area contributed by atoms with Gasteiger partial charge in [0.15, 0.2) is 0 Å². The molecule has 0 saturated carbocycles. The fraction of sp³-hybridized carbons (Fsp3) is 0.294. The highest BCUT2D eigenvalue weighted by molar-refractivity contribution is 9.10. The molecule has 1 aliphatic carbocycles. The first-order chi connectivity index (χ1) is 9.65.